The molecule has 3 heterocycles. The Bertz CT molecular complexity index is 772. The fourth-order valence-corrected chi connectivity index (χ4v) is 4.86. The number of carbonyl (C=O) groups is 1. The lowest BCUT2D eigenvalue weighted by Gasteiger charge is -2.41. The highest BCUT2D eigenvalue weighted by Crippen LogP contribution is 2.31. The summed E-state index contributed by atoms with van der Waals surface area (Å²) in [5, 5.41) is 8.88. The standard InChI is InChI=1S/C24H32FN3O3/c25-24(9-13-27(14-10-24)18-20-7-15-30-16-8-20)23(29)28-11-5-22(6-12-28)31-21-3-1-19(17-26)2-4-21/h1-4,20,22H,5-16,18H2. The molecule has 0 N–H and O–H groups in total. The predicted molar refractivity (Wildman–Crippen MR) is 114 cm³/mol. The average molecular weight is 430 g/mol. The number of nitrogens with zero attached hydrogens (tertiary/aromatic N) is 3. The van der Waals surface area contributed by atoms with E-state index in [-0.39, 0.29) is 24.9 Å². The van der Waals surface area contributed by atoms with Crippen molar-refractivity contribution in [2.24, 2.45) is 5.92 Å². The minimum Gasteiger partial charge on any atom is -0.490 e. The first kappa shape index (κ1) is 22.0. The van der Waals surface area contributed by atoms with Crippen LogP contribution in [0.25, 0.3) is 0 Å². The van der Waals surface area contributed by atoms with Gasteiger partial charge in [-0.25, -0.2) is 4.39 Å². The molecule has 1 aromatic carbocycles. The van der Waals surface area contributed by atoms with Crippen LogP contribution in [0.2, 0.25) is 0 Å². The quantitative estimate of drug-likeness (QED) is 0.719. The van der Waals surface area contributed by atoms with Gasteiger partial charge in [-0.15, -0.1) is 0 Å². The van der Waals surface area contributed by atoms with Gasteiger partial charge < -0.3 is 19.3 Å². The normalized spacial score (nSPS) is 23.3. The van der Waals surface area contributed by atoms with Crippen molar-refractivity contribution in [3.63, 3.8) is 0 Å². The molecular formula is C24H32FN3O3. The van der Waals surface area contributed by atoms with E-state index in [1.54, 1.807) is 29.2 Å². The van der Waals surface area contributed by atoms with Gasteiger partial charge in [-0.3, -0.25) is 4.79 Å². The molecule has 3 fully saturated rings. The molecule has 4 rings (SSSR count). The second kappa shape index (κ2) is 9.97. The number of ether oxygens (including phenoxy) is 2. The van der Waals surface area contributed by atoms with Crippen molar-refractivity contribution < 1.29 is 18.7 Å². The molecule has 1 aromatic rings. The molecule has 0 radical (unpaired) electrons. The van der Waals surface area contributed by atoms with Crippen molar-refractivity contribution in [2.45, 2.75) is 50.3 Å². The smallest absolute Gasteiger partial charge is 0.260 e. The fraction of sp³-hybridized carbons (Fsp3) is 0.667. The number of nitriles is 1. The second-order valence-electron chi connectivity index (χ2n) is 9.07. The summed E-state index contributed by atoms with van der Waals surface area (Å²) in [5.41, 5.74) is -1.13. The van der Waals surface area contributed by atoms with Gasteiger partial charge in [0.25, 0.3) is 5.91 Å². The van der Waals surface area contributed by atoms with Crippen LogP contribution in [0.1, 0.15) is 44.1 Å². The van der Waals surface area contributed by atoms with Gasteiger partial charge in [-0.05, 0) is 43.0 Å². The molecule has 3 aliphatic heterocycles. The van der Waals surface area contributed by atoms with Crippen molar-refractivity contribution in [1.82, 2.24) is 9.80 Å². The van der Waals surface area contributed by atoms with Crippen LogP contribution in [0.4, 0.5) is 4.39 Å². The zero-order valence-corrected chi connectivity index (χ0v) is 18.1. The summed E-state index contributed by atoms with van der Waals surface area (Å²) >= 11 is 0. The first-order chi connectivity index (χ1) is 15.1. The highest BCUT2D eigenvalue weighted by Gasteiger charge is 2.45. The Morgan fingerprint density at radius 2 is 1.74 bits per heavy atom. The van der Waals surface area contributed by atoms with Gasteiger partial charge >= 0.3 is 0 Å². The van der Waals surface area contributed by atoms with E-state index in [9.17, 15) is 4.79 Å². The minimum atomic E-state index is -1.73. The molecule has 7 heteroatoms. The van der Waals surface area contributed by atoms with Crippen LogP contribution >= 0.6 is 0 Å². The number of halogens is 1. The number of benzene rings is 1. The Morgan fingerprint density at radius 3 is 2.35 bits per heavy atom. The highest BCUT2D eigenvalue weighted by molar-refractivity contribution is 5.85. The van der Waals surface area contributed by atoms with Gasteiger partial charge in [0, 0.05) is 71.6 Å². The molecule has 0 aliphatic carbocycles. The Hall–Kier alpha value is -2.17. The monoisotopic (exact) mass is 429 g/mol. The maximum Gasteiger partial charge on any atom is 0.260 e. The number of carbonyl (C=O) groups excluding carboxylic acids is 1. The highest BCUT2D eigenvalue weighted by atomic mass is 19.1. The van der Waals surface area contributed by atoms with Crippen LogP contribution in [0, 0.1) is 17.2 Å². The van der Waals surface area contributed by atoms with E-state index in [1.165, 1.54) is 0 Å². The first-order valence-electron chi connectivity index (χ1n) is 11.5. The molecule has 3 aliphatic rings. The summed E-state index contributed by atoms with van der Waals surface area (Å²) in [6.07, 6.45) is 4.13. The SMILES string of the molecule is N#Cc1ccc(OC2CCN(C(=O)C3(F)CCN(CC4CCOCC4)CC3)CC2)cc1. The van der Waals surface area contributed by atoms with Crippen LogP contribution < -0.4 is 4.74 Å². The number of likely N-dealkylation sites (tertiary alicyclic amines) is 2. The minimum absolute atomic E-state index is 0.00821. The molecule has 3 saturated heterocycles. The van der Waals surface area contributed by atoms with E-state index in [2.05, 4.69) is 11.0 Å². The molecule has 6 nitrogen and oxygen atoms in total. The van der Waals surface area contributed by atoms with E-state index < -0.39 is 5.67 Å². The molecule has 0 spiro atoms. The van der Waals surface area contributed by atoms with E-state index in [0.29, 0.717) is 50.5 Å². The summed E-state index contributed by atoms with van der Waals surface area (Å²) in [7, 11) is 0. The Morgan fingerprint density at radius 1 is 1.10 bits per heavy atom. The van der Waals surface area contributed by atoms with Gasteiger partial charge in [0.15, 0.2) is 5.67 Å². The van der Waals surface area contributed by atoms with Gasteiger partial charge in [-0.2, -0.15) is 5.26 Å². The van der Waals surface area contributed by atoms with Gasteiger partial charge in [0.2, 0.25) is 0 Å². The van der Waals surface area contributed by atoms with E-state index in [1.807, 2.05) is 0 Å². The van der Waals surface area contributed by atoms with Crippen LogP contribution in [-0.4, -0.2) is 73.4 Å². The van der Waals surface area contributed by atoms with Crippen LogP contribution in [-0.2, 0) is 9.53 Å². The topological polar surface area (TPSA) is 65.8 Å². The molecule has 0 unspecified atom stereocenters. The summed E-state index contributed by atoms with van der Waals surface area (Å²) in [6.45, 7) is 5.00. The molecule has 168 valence electrons. The van der Waals surface area contributed by atoms with Crippen molar-refractivity contribution in [2.75, 3.05) is 45.9 Å². The van der Waals surface area contributed by atoms with Gasteiger partial charge in [0.1, 0.15) is 11.9 Å². The number of hydrogen-bond donors (Lipinski definition) is 0. The predicted octanol–water partition coefficient (Wildman–Crippen LogP) is 3.16. The van der Waals surface area contributed by atoms with E-state index in [4.69, 9.17) is 14.7 Å². The Kier molecular flexibility index (Phi) is 7.09. The summed E-state index contributed by atoms with van der Waals surface area (Å²) in [5.74, 6) is 1.02. The first-order valence-corrected chi connectivity index (χ1v) is 11.5. The van der Waals surface area contributed by atoms with Crippen molar-refractivity contribution >= 4 is 5.91 Å². The molecule has 0 atom stereocenters. The van der Waals surface area contributed by atoms with Gasteiger partial charge in [0.05, 0.1) is 11.6 Å². The van der Waals surface area contributed by atoms with Crippen LogP contribution in [0.3, 0.4) is 0 Å². The number of piperidine rings is 2. The zero-order chi connectivity index (χ0) is 21.7. The van der Waals surface area contributed by atoms with Crippen LogP contribution in [0.5, 0.6) is 5.75 Å². The van der Waals surface area contributed by atoms with E-state index in [0.717, 1.165) is 38.3 Å². The van der Waals surface area contributed by atoms with Crippen LogP contribution in [0.15, 0.2) is 24.3 Å². The van der Waals surface area contributed by atoms with Crippen molar-refractivity contribution in [3.8, 4) is 11.8 Å². The van der Waals surface area contributed by atoms with Gasteiger partial charge in [-0.1, -0.05) is 0 Å². The molecule has 31 heavy (non-hydrogen) atoms. The lowest BCUT2D eigenvalue weighted by molar-refractivity contribution is -0.149. The fourth-order valence-electron chi connectivity index (χ4n) is 4.86. The third kappa shape index (κ3) is 5.55. The average Bonchev–Trinajstić information content (AvgIpc) is 2.82. The number of alkyl halides is 1. The molecule has 1 amide bonds. The number of hydrogen-bond acceptors (Lipinski definition) is 5. The van der Waals surface area contributed by atoms with Crippen molar-refractivity contribution in [3.05, 3.63) is 29.8 Å². The molecular weight excluding hydrogens is 397 g/mol. The second-order valence-corrected chi connectivity index (χ2v) is 9.07. The summed E-state index contributed by atoms with van der Waals surface area (Å²) in [4.78, 5) is 17.0. The van der Waals surface area contributed by atoms with Crippen molar-refractivity contribution in [1.29, 1.82) is 5.26 Å². The number of amides is 1. The zero-order valence-electron chi connectivity index (χ0n) is 18.1. The summed E-state index contributed by atoms with van der Waals surface area (Å²) < 4.78 is 26.9. The molecule has 0 bridgehead atoms. The lowest BCUT2D eigenvalue weighted by atomic mass is 9.89. The summed E-state index contributed by atoms with van der Waals surface area (Å²) in [6, 6.07) is 9.14. The largest absolute Gasteiger partial charge is 0.490 e. The Balaban J connectivity index is 1.22. The maximum atomic E-state index is 15.5. The third-order valence-corrected chi connectivity index (χ3v) is 6.90. The van der Waals surface area contributed by atoms with E-state index >= 15 is 4.39 Å². The molecule has 0 aromatic heterocycles. The number of rotatable bonds is 5. The Labute approximate surface area is 183 Å². The third-order valence-electron chi connectivity index (χ3n) is 6.90. The lowest BCUT2D eigenvalue weighted by Crippen LogP contribution is -2.55. The maximum absolute atomic E-state index is 15.5. The molecule has 0 saturated carbocycles.